The second kappa shape index (κ2) is 1.25. The Morgan fingerprint density at radius 1 is 1.62 bits per heavy atom. The first-order valence-electron chi connectivity index (χ1n) is 3.09. The Labute approximate surface area is 48.8 Å². The lowest BCUT2D eigenvalue weighted by Crippen LogP contribution is -2.12. The molecule has 0 amide bonds. The molecule has 0 bridgehead atoms. The molecule has 2 heteroatoms. The van der Waals surface area contributed by atoms with E-state index in [1.165, 1.54) is 0 Å². The van der Waals surface area contributed by atoms with Crippen molar-refractivity contribution < 1.29 is 9.47 Å². The third-order valence-corrected chi connectivity index (χ3v) is 2.11. The van der Waals surface area contributed by atoms with Gasteiger partial charge >= 0.3 is 0 Å². The van der Waals surface area contributed by atoms with Crippen LogP contribution in [0.5, 0.6) is 0 Å². The normalized spacial score (nSPS) is 52.9. The molecule has 0 aliphatic carbocycles. The summed E-state index contributed by atoms with van der Waals surface area (Å²) < 4.78 is 10.5. The lowest BCUT2D eigenvalue weighted by molar-refractivity contribution is 0.171. The average Bonchev–Trinajstić information content (AvgIpc) is 2.29. The zero-order valence-corrected chi connectivity index (χ0v) is 5.02. The minimum atomic E-state index is 0.181. The van der Waals surface area contributed by atoms with Crippen LogP contribution in [0.25, 0.3) is 0 Å². The van der Waals surface area contributed by atoms with Crippen molar-refractivity contribution in [3.63, 3.8) is 0 Å². The quantitative estimate of drug-likeness (QED) is 0.429. The number of hydrogen-bond donors (Lipinski definition) is 0. The van der Waals surface area contributed by atoms with Crippen LogP contribution in [0.3, 0.4) is 0 Å². The molecule has 0 saturated carbocycles. The van der Waals surface area contributed by atoms with Crippen LogP contribution in [-0.4, -0.2) is 24.9 Å². The summed E-state index contributed by atoms with van der Waals surface area (Å²) in [7, 11) is 0. The van der Waals surface area contributed by atoms with Gasteiger partial charge in [0.05, 0.1) is 12.7 Å². The van der Waals surface area contributed by atoms with Gasteiger partial charge in [0.15, 0.2) is 0 Å². The Bertz CT molecular complexity index is 105. The Kier molecular flexibility index (Phi) is 0.746. The van der Waals surface area contributed by atoms with E-state index in [0.717, 1.165) is 19.6 Å². The van der Waals surface area contributed by atoms with Crippen molar-refractivity contribution >= 4 is 0 Å². The second-order valence-electron chi connectivity index (χ2n) is 2.63. The Morgan fingerprint density at radius 3 is 2.62 bits per heavy atom. The average molecular weight is 114 g/mol. The van der Waals surface area contributed by atoms with Gasteiger partial charge in [-0.2, -0.15) is 0 Å². The Morgan fingerprint density at radius 2 is 2.38 bits per heavy atom. The molecule has 2 aliphatic heterocycles. The van der Waals surface area contributed by atoms with E-state index in [9.17, 15) is 0 Å². The highest BCUT2D eigenvalue weighted by Gasteiger charge is 2.55. The molecule has 2 nitrogen and oxygen atoms in total. The molecule has 0 aromatic carbocycles. The summed E-state index contributed by atoms with van der Waals surface area (Å²) in [5, 5.41) is 0. The van der Waals surface area contributed by atoms with Crippen molar-refractivity contribution in [3.8, 4) is 0 Å². The van der Waals surface area contributed by atoms with Crippen molar-refractivity contribution in [2.45, 2.75) is 25.0 Å². The molecular formula is C6H10O2. The molecule has 2 aliphatic rings. The van der Waals surface area contributed by atoms with Gasteiger partial charge in [-0.05, 0) is 6.92 Å². The predicted molar refractivity (Wildman–Crippen MR) is 28.7 cm³/mol. The zero-order chi connectivity index (χ0) is 5.61. The molecule has 2 rings (SSSR count). The molecule has 2 saturated heterocycles. The van der Waals surface area contributed by atoms with Crippen molar-refractivity contribution in [1.29, 1.82) is 0 Å². The van der Waals surface area contributed by atoms with E-state index in [2.05, 4.69) is 6.92 Å². The molecule has 46 valence electrons. The van der Waals surface area contributed by atoms with E-state index >= 15 is 0 Å². The van der Waals surface area contributed by atoms with E-state index in [4.69, 9.17) is 9.47 Å². The van der Waals surface area contributed by atoms with Crippen molar-refractivity contribution in [2.24, 2.45) is 0 Å². The molecule has 2 atom stereocenters. The minimum absolute atomic E-state index is 0.181. The standard InChI is InChI=1S/C6H10O2/c1-5-6(8-5)2-3-7-4-6/h5H,2-4H2,1H3/t5?,6-/m1/s1. The maximum atomic E-state index is 5.34. The van der Waals surface area contributed by atoms with Gasteiger partial charge in [-0.3, -0.25) is 0 Å². The largest absolute Gasteiger partial charge is 0.378 e. The SMILES string of the molecule is CC1O[C@@]12CCOC2. The highest BCUT2D eigenvalue weighted by Crippen LogP contribution is 2.42. The molecule has 1 unspecified atom stereocenters. The first kappa shape index (κ1) is 4.77. The van der Waals surface area contributed by atoms with E-state index in [1.54, 1.807) is 0 Å². The molecule has 0 aromatic rings. The van der Waals surface area contributed by atoms with Gasteiger partial charge in [0.25, 0.3) is 0 Å². The van der Waals surface area contributed by atoms with Gasteiger partial charge in [-0.1, -0.05) is 0 Å². The van der Waals surface area contributed by atoms with Gasteiger partial charge in [0, 0.05) is 13.0 Å². The molecular weight excluding hydrogens is 104 g/mol. The minimum Gasteiger partial charge on any atom is -0.378 e. The smallest absolute Gasteiger partial charge is 0.120 e. The van der Waals surface area contributed by atoms with Crippen LogP contribution in [0.2, 0.25) is 0 Å². The summed E-state index contributed by atoms with van der Waals surface area (Å²) in [6.07, 6.45) is 1.57. The lowest BCUT2D eigenvalue weighted by atomic mass is 10.1. The molecule has 1 spiro atoms. The summed E-state index contributed by atoms with van der Waals surface area (Å²) >= 11 is 0. The van der Waals surface area contributed by atoms with Gasteiger partial charge in [0.2, 0.25) is 0 Å². The van der Waals surface area contributed by atoms with Crippen LogP contribution < -0.4 is 0 Å². The highest BCUT2D eigenvalue weighted by atomic mass is 16.6. The van der Waals surface area contributed by atoms with E-state index < -0.39 is 0 Å². The van der Waals surface area contributed by atoms with E-state index in [-0.39, 0.29) is 5.60 Å². The molecule has 8 heavy (non-hydrogen) atoms. The fourth-order valence-corrected chi connectivity index (χ4v) is 1.29. The fourth-order valence-electron chi connectivity index (χ4n) is 1.29. The number of epoxide rings is 1. The molecule has 0 N–H and O–H groups in total. The molecule has 2 fully saturated rings. The van der Waals surface area contributed by atoms with Gasteiger partial charge < -0.3 is 9.47 Å². The van der Waals surface area contributed by atoms with Gasteiger partial charge in [0.1, 0.15) is 5.60 Å². The fraction of sp³-hybridized carbons (Fsp3) is 1.00. The van der Waals surface area contributed by atoms with Crippen molar-refractivity contribution in [3.05, 3.63) is 0 Å². The Balaban J connectivity index is 2.06. The van der Waals surface area contributed by atoms with Crippen LogP contribution in [0.15, 0.2) is 0 Å². The van der Waals surface area contributed by atoms with Crippen LogP contribution in [0, 0.1) is 0 Å². The lowest BCUT2D eigenvalue weighted by Gasteiger charge is -1.93. The van der Waals surface area contributed by atoms with Gasteiger partial charge in [-0.15, -0.1) is 0 Å². The number of hydrogen-bond acceptors (Lipinski definition) is 2. The third-order valence-electron chi connectivity index (χ3n) is 2.11. The summed E-state index contributed by atoms with van der Waals surface area (Å²) in [4.78, 5) is 0. The second-order valence-corrected chi connectivity index (χ2v) is 2.63. The predicted octanol–water partition coefficient (Wildman–Crippen LogP) is 0.564. The van der Waals surface area contributed by atoms with Crippen molar-refractivity contribution in [2.75, 3.05) is 13.2 Å². The third kappa shape index (κ3) is 0.446. The highest BCUT2D eigenvalue weighted by molar-refractivity contribution is 5.02. The first-order valence-corrected chi connectivity index (χ1v) is 3.09. The van der Waals surface area contributed by atoms with Gasteiger partial charge in [-0.25, -0.2) is 0 Å². The Hall–Kier alpha value is -0.0800. The molecule has 0 aromatic heterocycles. The number of ether oxygens (including phenoxy) is 2. The number of rotatable bonds is 0. The zero-order valence-electron chi connectivity index (χ0n) is 5.02. The van der Waals surface area contributed by atoms with E-state index in [0.29, 0.717) is 6.10 Å². The molecule has 0 radical (unpaired) electrons. The maximum absolute atomic E-state index is 5.34. The summed E-state index contributed by atoms with van der Waals surface area (Å²) in [5.74, 6) is 0. The maximum Gasteiger partial charge on any atom is 0.120 e. The van der Waals surface area contributed by atoms with Crippen molar-refractivity contribution in [1.82, 2.24) is 0 Å². The topological polar surface area (TPSA) is 21.8 Å². The monoisotopic (exact) mass is 114 g/mol. The molecule has 2 heterocycles. The van der Waals surface area contributed by atoms with E-state index in [1.807, 2.05) is 0 Å². The first-order chi connectivity index (χ1) is 3.83. The van der Waals surface area contributed by atoms with Crippen LogP contribution in [0.4, 0.5) is 0 Å². The summed E-state index contributed by atoms with van der Waals surface area (Å²) in [6.45, 7) is 3.83. The van der Waals surface area contributed by atoms with Crippen LogP contribution >= 0.6 is 0 Å². The van der Waals surface area contributed by atoms with Crippen LogP contribution in [0.1, 0.15) is 13.3 Å². The summed E-state index contributed by atoms with van der Waals surface area (Å²) in [6, 6.07) is 0. The van der Waals surface area contributed by atoms with Crippen LogP contribution in [-0.2, 0) is 9.47 Å². The summed E-state index contributed by atoms with van der Waals surface area (Å²) in [5.41, 5.74) is 0.181.